The third-order valence-electron chi connectivity index (χ3n) is 2.80. The molecule has 0 unspecified atom stereocenters. The Morgan fingerprint density at radius 2 is 1.74 bits per heavy atom. The third kappa shape index (κ3) is 5.60. The molecule has 0 atom stereocenters. The van der Waals surface area contributed by atoms with E-state index in [1.165, 1.54) is 12.1 Å². The van der Waals surface area contributed by atoms with Gasteiger partial charge in [-0.1, -0.05) is 41.9 Å². The van der Waals surface area contributed by atoms with Gasteiger partial charge < -0.3 is 4.74 Å². The largest absolute Gasteiger partial charge is 0.482 e. The van der Waals surface area contributed by atoms with Crippen LogP contribution in [0.4, 0.5) is 4.39 Å². The van der Waals surface area contributed by atoms with Gasteiger partial charge in [-0.2, -0.15) is 0 Å². The first-order chi connectivity index (χ1) is 11.0. The quantitative estimate of drug-likeness (QED) is 0.823. The lowest BCUT2D eigenvalue weighted by atomic mass is 10.1. The average Bonchev–Trinajstić information content (AvgIpc) is 2.53. The topological polar surface area (TPSA) is 67.4 Å². The molecule has 2 amide bonds. The summed E-state index contributed by atoms with van der Waals surface area (Å²) in [6.07, 6.45) is 0.145. The highest BCUT2D eigenvalue weighted by molar-refractivity contribution is 6.32. The Labute approximate surface area is 137 Å². The second kappa shape index (κ2) is 8.14. The standard InChI is InChI=1S/C16H14ClFN2O3/c17-13-9-12(18)6-7-14(13)23-10-16(22)20-19-15(21)8-11-4-2-1-3-5-11/h1-7,9H,8,10H2,(H,19,21)(H,20,22). The predicted octanol–water partition coefficient (Wildman–Crippen LogP) is 2.25. The van der Waals surface area contributed by atoms with Crippen LogP contribution in [0.25, 0.3) is 0 Å². The van der Waals surface area contributed by atoms with E-state index in [4.69, 9.17) is 16.3 Å². The Hall–Kier alpha value is -2.60. The van der Waals surface area contributed by atoms with Crippen molar-refractivity contribution >= 4 is 23.4 Å². The lowest BCUT2D eigenvalue weighted by Crippen LogP contribution is -2.44. The maximum atomic E-state index is 12.9. The zero-order valence-electron chi connectivity index (χ0n) is 12.0. The van der Waals surface area contributed by atoms with Crippen LogP contribution in [0.1, 0.15) is 5.56 Å². The predicted molar refractivity (Wildman–Crippen MR) is 83.3 cm³/mol. The first kappa shape index (κ1) is 16.8. The van der Waals surface area contributed by atoms with Crippen molar-refractivity contribution in [2.75, 3.05) is 6.61 Å². The molecule has 120 valence electrons. The Balaban J connectivity index is 1.73. The van der Waals surface area contributed by atoms with Crippen molar-refractivity contribution in [3.8, 4) is 5.75 Å². The van der Waals surface area contributed by atoms with E-state index < -0.39 is 11.7 Å². The maximum Gasteiger partial charge on any atom is 0.276 e. The van der Waals surface area contributed by atoms with E-state index >= 15 is 0 Å². The molecule has 0 heterocycles. The minimum Gasteiger partial charge on any atom is -0.482 e. The first-order valence-electron chi connectivity index (χ1n) is 6.74. The molecule has 23 heavy (non-hydrogen) atoms. The lowest BCUT2D eigenvalue weighted by molar-refractivity contribution is -0.129. The molecule has 2 N–H and O–H groups in total. The van der Waals surface area contributed by atoms with Crippen LogP contribution in [0.2, 0.25) is 5.02 Å². The smallest absolute Gasteiger partial charge is 0.276 e. The second-order valence-electron chi connectivity index (χ2n) is 4.62. The van der Waals surface area contributed by atoms with Crippen molar-refractivity contribution in [3.63, 3.8) is 0 Å². The summed E-state index contributed by atoms with van der Waals surface area (Å²) in [7, 11) is 0. The SMILES string of the molecule is O=C(COc1ccc(F)cc1Cl)NNC(=O)Cc1ccccc1. The van der Waals surface area contributed by atoms with E-state index in [1.807, 2.05) is 18.2 Å². The van der Waals surface area contributed by atoms with Crippen molar-refractivity contribution in [2.24, 2.45) is 0 Å². The van der Waals surface area contributed by atoms with Gasteiger partial charge in [0.15, 0.2) is 6.61 Å². The number of amides is 2. The van der Waals surface area contributed by atoms with Crippen molar-refractivity contribution in [1.29, 1.82) is 0 Å². The summed E-state index contributed by atoms with van der Waals surface area (Å²) in [5.41, 5.74) is 5.33. The van der Waals surface area contributed by atoms with Crippen molar-refractivity contribution in [2.45, 2.75) is 6.42 Å². The van der Waals surface area contributed by atoms with Crippen LogP contribution in [0.5, 0.6) is 5.75 Å². The monoisotopic (exact) mass is 336 g/mol. The molecule has 7 heteroatoms. The summed E-state index contributed by atoms with van der Waals surface area (Å²) in [5, 5.41) is 0.0610. The zero-order chi connectivity index (χ0) is 16.7. The van der Waals surface area contributed by atoms with Gasteiger partial charge in [-0.25, -0.2) is 4.39 Å². The molecule has 2 rings (SSSR count). The van der Waals surface area contributed by atoms with Gasteiger partial charge in [0, 0.05) is 0 Å². The van der Waals surface area contributed by atoms with Crippen molar-refractivity contribution < 1.29 is 18.7 Å². The van der Waals surface area contributed by atoms with Gasteiger partial charge >= 0.3 is 0 Å². The molecule has 0 saturated heterocycles. The zero-order valence-corrected chi connectivity index (χ0v) is 12.8. The second-order valence-corrected chi connectivity index (χ2v) is 5.03. The first-order valence-corrected chi connectivity index (χ1v) is 7.12. The van der Waals surface area contributed by atoms with Gasteiger partial charge in [0.25, 0.3) is 5.91 Å². The van der Waals surface area contributed by atoms with E-state index in [9.17, 15) is 14.0 Å². The number of hydrogen-bond donors (Lipinski definition) is 2. The normalized spacial score (nSPS) is 10.0. The van der Waals surface area contributed by atoms with Crippen LogP contribution in [0.15, 0.2) is 48.5 Å². The van der Waals surface area contributed by atoms with Crippen molar-refractivity contribution in [3.05, 3.63) is 64.9 Å². The molecule has 0 aliphatic rings. The van der Waals surface area contributed by atoms with E-state index in [2.05, 4.69) is 10.9 Å². The number of halogens is 2. The molecule has 0 aliphatic carbocycles. The lowest BCUT2D eigenvalue weighted by Gasteiger charge is -2.09. The molecule has 0 saturated carbocycles. The fourth-order valence-electron chi connectivity index (χ4n) is 1.74. The Kier molecular flexibility index (Phi) is 5.94. The third-order valence-corrected chi connectivity index (χ3v) is 3.10. The number of hydrogen-bond acceptors (Lipinski definition) is 3. The summed E-state index contributed by atoms with van der Waals surface area (Å²) in [4.78, 5) is 23.2. The number of benzene rings is 2. The summed E-state index contributed by atoms with van der Waals surface area (Å²) in [6, 6.07) is 12.7. The van der Waals surface area contributed by atoms with Crippen molar-refractivity contribution in [1.82, 2.24) is 10.9 Å². The fourth-order valence-corrected chi connectivity index (χ4v) is 1.96. The Morgan fingerprint density at radius 1 is 1.04 bits per heavy atom. The van der Waals surface area contributed by atoms with E-state index in [0.29, 0.717) is 0 Å². The van der Waals surface area contributed by atoms with Gasteiger partial charge in [-0.15, -0.1) is 0 Å². The number of carbonyl (C=O) groups is 2. The van der Waals surface area contributed by atoms with Crippen LogP contribution < -0.4 is 15.6 Å². The highest BCUT2D eigenvalue weighted by Crippen LogP contribution is 2.24. The van der Waals surface area contributed by atoms with E-state index in [-0.39, 0.29) is 29.7 Å². The minimum absolute atomic E-state index is 0.0610. The highest BCUT2D eigenvalue weighted by atomic mass is 35.5. The van der Waals surface area contributed by atoms with Crippen LogP contribution in [-0.4, -0.2) is 18.4 Å². The molecule has 2 aromatic rings. The molecular formula is C16H14ClFN2O3. The molecule has 5 nitrogen and oxygen atoms in total. The molecule has 0 bridgehead atoms. The fraction of sp³-hybridized carbons (Fsp3) is 0.125. The number of rotatable bonds is 5. The van der Waals surface area contributed by atoms with Crippen LogP contribution in [-0.2, 0) is 16.0 Å². The number of nitrogens with one attached hydrogen (secondary N) is 2. The maximum absolute atomic E-state index is 12.9. The Morgan fingerprint density at radius 3 is 2.43 bits per heavy atom. The van der Waals surface area contributed by atoms with Gasteiger partial charge in [0.05, 0.1) is 11.4 Å². The van der Waals surface area contributed by atoms with Crippen LogP contribution >= 0.6 is 11.6 Å². The van der Waals surface area contributed by atoms with Crippen LogP contribution in [0, 0.1) is 5.82 Å². The molecule has 0 aliphatic heterocycles. The van der Waals surface area contributed by atoms with Crippen LogP contribution in [0.3, 0.4) is 0 Å². The molecule has 0 fully saturated rings. The van der Waals surface area contributed by atoms with Gasteiger partial charge in [0.2, 0.25) is 5.91 Å². The average molecular weight is 337 g/mol. The van der Waals surface area contributed by atoms with Gasteiger partial charge in [-0.05, 0) is 23.8 Å². The molecule has 0 radical (unpaired) electrons. The Bertz CT molecular complexity index is 695. The summed E-state index contributed by atoms with van der Waals surface area (Å²) < 4.78 is 18.0. The summed E-state index contributed by atoms with van der Waals surface area (Å²) in [6.45, 7) is -0.364. The number of hydrazine groups is 1. The van der Waals surface area contributed by atoms with E-state index in [1.54, 1.807) is 12.1 Å². The minimum atomic E-state index is -0.563. The van der Waals surface area contributed by atoms with Gasteiger partial charge in [0.1, 0.15) is 11.6 Å². The molecule has 0 spiro atoms. The number of ether oxygens (including phenoxy) is 1. The summed E-state index contributed by atoms with van der Waals surface area (Å²) in [5.74, 6) is -1.24. The molecule has 2 aromatic carbocycles. The van der Waals surface area contributed by atoms with Gasteiger partial charge in [-0.3, -0.25) is 20.4 Å². The van der Waals surface area contributed by atoms with E-state index in [0.717, 1.165) is 11.6 Å². The molecular weight excluding hydrogens is 323 g/mol. The number of carbonyl (C=O) groups excluding carboxylic acids is 2. The highest BCUT2D eigenvalue weighted by Gasteiger charge is 2.08. The molecule has 0 aromatic heterocycles. The summed E-state index contributed by atoms with van der Waals surface area (Å²) >= 11 is 5.76.